The average molecular weight is 335 g/mol. The lowest BCUT2D eigenvalue weighted by molar-refractivity contribution is 0.0498. The number of anilines is 1. The summed E-state index contributed by atoms with van der Waals surface area (Å²) in [5.74, 6) is -0.299. The summed E-state index contributed by atoms with van der Waals surface area (Å²) in [6.45, 7) is 4.81. The minimum absolute atomic E-state index is 0.299. The lowest BCUT2D eigenvalue weighted by Crippen LogP contribution is -2.18. The molecule has 0 fully saturated rings. The molecule has 0 radical (unpaired) electrons. The predicted octanol–water partition coefficient (Wildman–Crippen LogP) is 4.78. The van der Waals surface area contributed by atoms with Gasteiger partial charge in [0, 0.05) is 12.2 Å². The van der Waals surface area contributed by atoms with Crippen LogP contribution in [0.5, 0.6) is 0 Å². The van der Waals surface area contributed by atoms with E-state index in [1.165, 1.54) is 38.5 Å². The fourth-order valence-corrected chi connectivity index (χ4v) is 2.55. The van der Waals surface area contributed by atoms with Crippen molar-refractivity contribution >= 4 is 11.7 Å². The molecule has 24 heavy (non-hydrogen) atoms. The maximum atomic E-state index is 12.2. The van der Waals surface area contributed by atoms with Gasteiger partial charge in [-0.1, -0.05) is 64.0 Å². The number of benzene rings is 1. The summed E-state index contributed by atoms with van der Waals surface area (Å²) >= 11 is 0. The number of esters is 1. The van der Waals surface area contributed by atoms with Crippen LogP contribution in [0.1, 0.15) is 75.6 Å². The number of unbranched alkanes of at least 4 members (excludes halogenated alkanes) is 7. The lowest BCUT2D eigenvalue weighted by Gasteiger charge is -2.12. The topological polar surface area (TPSA) is 58.6 Å². The first kappa shape index (κ1) is 20.5. The van der Waals surface area contributed by atoms with Gasteiger partial charge in [-0.2, -0.15) is 0 Å². The van der Waals surface area contributed by atoms with Gasteiger partial charge in [-0.25, -0.2) is 4.79 Å². The Balaban J connectivity index is 2.23. The Kier molecular flexibility index (Phi) is 10.9. The molecule has 0 aliphatic carbocycles. The Hall–Kier alpha value is -1.55. The number of rotatable bonds is 13. The second kappa shape index (κ2) is 12.8. The van der Waals surface area contributed by atoms with Crippen molar-refractivity contribution in [3.63, 3.8) is 0 Å². The molecule has 0 amide bonds. The molecule has 1 atom stereocenters. The van der Waals surface area contributed by atoms with Crippen LogP contribution < -0.4 is 5.32 Å². The maximum absolute atomic E-state index is 12.2. The number of hydrogen-bond acceptors (Lipinski definition) is 4. The molecule has 0 aromatic heterocycles. The van der Waals surface area contributed by atoms with Gasteiger partial charge >= 0.3 is 5.97 Å². The van der Waals surface area contributed by atoms with Gasteiger partial charge in [0.15, 0.2) is 0 Å². The standard InChI is InChI=1S/C20H33NO3/c1-3-4-5-6-7-8-9-12-15-24-20(23)18-13-10-11-14-19(18)21-16-17(2)22/h10-11,13-14,17,21-22H,3-9,12,15-16H2,1-2H3. The van der Waals surface area contributed by atoms with Crippen molar-refractivity contribution in [2.24, 2.45) is 0 Å². The number of carbonyl (C=O) groups excluding carboxylic acids is 1. The number of nitrogens with one attached hydrogen (secondary N) is 1. The number of aliphatic hydroxyl groups excluding tert-OH is 1. The monoisotopic (exact) mass is 335 g/mol. The minimum Gasteiger partial charge on any atom is -0.462 e. The molecular weight excluding hydrogens is 302 g/mol. The molecule has 4 nitrogen and oxygen atoms in total. The van der Waals surface area contributed by atoms with Crippen LogP contribution in [0, 0.1) is 0 Å². The molecule has 0 aliphatic heterocycles. The van der Waals surface area contributed by atoms with Crippen LogP contribution in [0.2, 0.25) is 0 Å². The van der Waals surface area contributed by atoms with Crippen LogP contribution in [-0.4, -0.2) is 30.3 Å². The third kappa shape index (κ3) is 8.92. The van der Waals surface area contributed by atoms with Crippen molar-refractivity contribution in [3.05, 3.63) is 29.8 Å². The van der Waals surface area contributed by atoms with E-state index in [9.17, 15) is 9.90 Å². The number of aliphatic hydroxyl groups is 1. The summed E-state index contributed by atoms with van der Waals surface area (Å²) in [6.07, 6.45) is 9.32. The molecule has 1 aromatic carbocycles. The number of para-hydroxylation sites is 1. The zero-order chi connectivity index (χ0) is 17.6. The first-order valence-corrected chi connectivity index (χ1v) is 9.33. The highest BCUT2D eigenvalue weighted by Gasteiger charge is 2.12. The Bertz CT molecular complexity index is 460. The number of ether oxygens (including phenoxy) is 1. The molecule has 0 aliphatic rings. The van der Waals surface area contributed by atoms with Crippen LogP contribution in [0.25, 0.3) is 0 Å². The van der Waals surface area contributed by atoms with Crippen LogP contribution in [0.15, 0.2) is 24.3 Å². The molecule has 2 N–H and O–H groups in total. The van der Waals surface area contributed by atoms with Crippen molar-refractivity contribution in [1.29, 1.82) is 0 Å². The highest BCUT2D eigenvalue weighted by atomic mass is 16.5. The Morgan fingerprint density at radius 1 is 1.08 bits per heavy atom. The molecular formula is C20H33NO3. The Labute approximate surface area is 146 Å². The number of carbonyl (C=O) groups is 1. The van der Waals surface area contributed by atoms with Crippen LogP contribution in [0.3, 0.4) is 0 Å². The van der Waals surface area contributed by atoms with Crippen LogP contribution >= 0.6 is 0 Å². The summed E-state index contributed by atoms with van der Waals surface area (Å²) in [5, 5.41) is 12.4. The van der Waals surface area contributed by atoms with Gasteiger partial charge < -0.3 is 15.2 Å². The van der Waals surface area contributed by atoms with E-state index in [4.69, 9.17) is 4.74 Å². The van der Waals surface area contributed by atoms with Gasteiger partial charge in [0.2, 0.25) is 0 Å². The van der Waals surface area contributed by atoms with E-state index in [2.05, 4.69) is 12.2 Å². The average Bonchev–Trinajstić information content (AvgIpc) is 2.58. The second-order valence-electron chi connectivity index (χ2n) is 6.39. The van der Waals surface area contributed by atoms with Crippen LogP contribution in [-0.2, 0) is 4.74 Å². The van der Waals surface area contributed by atoms with Gasteiger partial charge in [-0.05, 0) is 25.5 Å². The zero-order valence-electron chi connectivity index (χ0n) is 15.2. The van der Waals surface area contributed by atoms with Gasteiger partial charge in [-0.15, -0.1) is 0 Å². The van der Waals surface area contributed by atoms with E-state index in [1.807, 2.05) is 18.2 Å². The maximum Gasteiger partial charge on any atom is 0.340 e. The molecule has 136 valence electrons. The van der Waals surface area contributed by atoms with Gasteiger partial charge in [0.05, 0.1) is 18.3 Å². The highest BCUT2D eigenvalue weighted by molar-refractivity contribution is 5.95. The third-order valence-electron chi connectivity index (χ3n) is 3.97. The largest absolute Gasteiger partial charge is 0.462 e. The first-order chi connectivity index (χ1) is 11.6. The fourth-order valence-electron chi connectivity index (χ4n) is 2.55. The quantitative estimate of drug-likeness (QED) is 0.402. The lowest BCUT2D eigenvalue weighted by atomic mass is 10.1. The van der Waals surface area contributed by atoms with Gasteiger partial charge in [0.1, 0.15) is 0 Å². The van der Waals surface area contributed by atoms with Crippen LogP contribution in [0.4, 0.5) is 5.69 Å². The summed E-state index contributed by atoms with van der Waals surface area (Å²) in [5.41, 5.74) is 1.23. The summed E-state index contributed by atoms with van der Waals surface area (Å²) < 4.78 is 5.38. The third-order valence-corrected chi connectivity index (χ3v) is 3.97. The normalized spacial score (nSPS) is 12.0. The zero-order valence-corrected chi connectivity index (χ0v) is 15.2. The molecule has 0 bridgehead atoms. The highest BCUT2D eigenvalue weighted by Crippen LogP contribution is 2.16. The smallest absolute Gasteiger partial charge is 0.340 e. The first-order valence-electron chi connectivity index (χ1n) is 9.33. The van der Waals surface area contributed by atoms with E-state index < -0.39 is 6.10 Å². The number of hydrogen-bond donors (Lipinski definition) is 2. The Morgan fingerprint density at radius 2 is 1.71 bits per heavy atom. The Morgan fingerprint density at radius 3 is 2.38 bits per heavy atom. The molecule has 0 spiro atoms. The van der Waals surface area contributed by atoms with Gasteiger partial charge in [-0.3, -0.25) is 0 Å². The molecule has 1 aromatic rings. The summed E-state index contributed by atoms with van der Waals surface area (Å²) in [4.78, 5) is 12.2. The predicted molar refractivity (Wildman–Crippen MR) is 99.5 cm³/mol. The van der Waals surface area contributed by atoms with Crippen molar-refractivity contribution < 1.29 is 14.6 Å². The van der Waals surface area contributed by atoms with Gasteiger partial charge in [0.25, 0.3) is 0 Å². The summed E-state index contributed by atoms with van der Waals surface area (Å²) in [7, 11) is 0. The second-order valence-corrected chi connectivity index (χ2v) is 6.39. The molecule has 1 rings (SSSR count). The minimum atomic E-state index is -0.466. The molecule has 4 heteroatoms. The molecule has 1 unspecified atom stereocenters. The van der Waals surface area contributed by atoms with Crippen molar-refractivity contribution in [3.8, 4) is 0 Å². The fraction of sp³-hybridized carbons (Fsp3) is 0.650. The molecule has 0 saturated carbocycles. The van der Waals surface area contributed by atoms with E-state index in [1.54, 1.807) is 13.0 Å². The molecule has 0 heterocycles. The van der Waals surface area contributed by atoms with E-state index in [-0.39, 0.29) is 5.97 Å². The van der Waals surface area contributed by atoms with E-state index in [0.29, 0.717) is 24.4 Å². The van der Waals surface area contributed by atoms with Crippen molar-refractivity contribution in [2.45, 2.75) is 71.3 Å². The van der Waals surface area contributed by atoms with E-state index in [0.717, 1.165) is 12.8 Å². The molecule has 0 saturated heterocycles. The van der Waals surface area contributed by atoms with E-state index >= 15 is 0 Å². The summed E-state index contributed by atoms with van der Waals surface area (Å²) in [6, 6.07) is 7.26. The SMILES string of the molecule is CCCCCCCCCCOC(=O)c1ccccc1NCC(C)O. The van der Waals surface area contributed by atoms with Crippen molar-refractivity contribution in [1.82, 2.24) is 0 Å². The van der Waals surface area contributed by atoms with Crippen molar-refractivity contribution in [2.75, 3.05) is 18.5 Å².